The predicted octanol–water partition coefficient (Wildman–Crippen LogP) is 5.19. The van der Waals surface area contributed by atoms with Gasteiger partial charge in [-0.15, -0.1) is 0 Å². The Morgan fingerprint density at radius 2 is 1.97 bits per heavy atom. The van der Waals surface area contributed by atoms with Crippen molar-refractivity contribution in [3.63, 3.8) is 0 Å². The fourth-order valence-electron chi connectivity index (χ4n) is 3.79. The molecular weight excluding hydrogens is 420 g/mol. The van der Waals surface area contributed by atoms with E-state index in [9.17, 15) is 13.6 Å². The summed E-state index contributed by atoms with van der Waals surface area (Å²) in [5.41, 5.74) is 3.36. The van der Waals surface area contributed by atoms with E-state index < -0.39 is 12.0 Å². The summed E-state index contributed by atoms with van der Waals surface area (Å²) in [6.45, 7) is 8.30. The second kappa shape index (κ2) is 7.81. The van der Waals surface area contributed by atoms with Gasteiger partial charge < -0.3 is 0 Å². The first-order chi connectivity index (χ1) is 14.7. The quantitative estimate of drug-likeness (QED) is 0.443. The molecule has 0 amide bonds. The number of aromatic amines is 1. The zero-order chi connectivity index (χ0) is 22.4. The number of fused-ring (bicyclic) bond motifs is 1. The molecule has 0 unspecified atom stereocenters. The SMILES string of the molecule is CCn1ncc(-c2cc(C(F)F)c3c(=O)[nH]c(=S)n(-c4cccc(C)c4C)c3n2)c1C. The molecule has 1 N–H and O–H groups in total. The van der Waals surface area contributed by atoms with Gasteiger partial charge in [-0.3, -0.25) is 19.0 Å². The molecule has 3 heterocycles. The molecule has 4 aromatic rings. The summed E-state index contributed by atoms with van der Waals surface area (Å²) in [6, 6.07) is 6.89. The molecule has 0 aliphatic rings. The molecule has 0 bridgehead atoms. The van der Waals surface area contributed by atoms with Crippen LogP contribution in [0.4, 0.5) is 8.78 Å². The zero-order valence-corrected chi connectivity index (χ0v) is 18.3. The third kappa shape index (κ3) is 3.38. The number of rotatable bonds is 4. The van der Waals surface area contributed by atoms with Crippen LogP contribution in [0.3, 0.4) is 0 Å². The van der Waals surface area contributed by atoms with E-state index in [1.165, 1.54) is 6.07 Å². The molecule has 160 valence electrons. The molecule has 0 fully saturated rings. The van der Waals surface area contributed by atoms with Gasteiger partial charge in [0.25, 0.3) is 12.0 Å². The van der Waals surface area contributed by atoms with Gasteiger partial charge in [0.15, 0.2) is 10.4 Å². The first-order valence-electron chi connectivity index (χ1n) is 9.82. The lowest BCUT2D eigenvalue weighted by atomic mass is 10.1. The highest BCUT2D eigenvalue weighted by molar-refractivity contribution is 7.71. The van der Waals surface area contributed by atoms with Crippen molar-refractivity contribution in [1.82, 2.24) is 24.3 Å². The number of nitrogens with one attached hydrogen (secondary N) is 1. The molecule has 31 heavy (non-hydrogen) atoms. The number of halogens is 2. The largest absolute Gasteiger partial charge is 0.298 e. The van der Waals surface area contributed by atoms with Crippen molar-refractivity contribution in [2.24, 2.45) is 0 Å². The van der Waals surface area contributed by atoms with Crippen molar-refractivity contribution in [3.05, 3.63) is 68.0 Å². The summed E-state index contributed by atoms with van der Waals surface area (Å²) in [6.07, 6.45) is -1.26. The molecule has 0 atom stereocenters. The maximum atomic E-state index is 14.1. The number of pyridine rings is 1. The van der Waals surface area contributed by atoms with Crippen LogP contribution in [0.2, 0.25) is 0 Å². The van der Waals surface area contributed by atoms with Gasteiger partial charge in [-0.05, 0) is 63.2 Å². The lowest BCUT2D eigenvalue weighted by molar-refractivity contribution is 0.153. The number of aryl methyl sites for hydroxylation is 2. The molecule has 9 heteroatoms. The summed E-state index contributed by atoms with van der Waals surface area (Å²) in [5, 5.41) is 4.13. The Morgan fingerprint density at radius 1 is 1.23 bits per heavy atom. The van der Waals surface area contributed by atoms with Crippen LogP contribution in [-0.4, -0.2) is 24.3 Å². The third-order valence-electron chi connectivity index (χ3n) is 5.62. The second-order valence-corrected chi connectivity index (χ2v) is 7.76. The molecule has 6 nitrogen and oxygen atoms in total. The number of hydrogen-bond donors (Lipinski definition) is 1. The highest BCUT2D eigenvalue weighted by Gasteiger charge is 2.22. The van der Waals surface area contributed by atoms with Crippen LogP contribution in [0.1, 0.15) is 35.7 Å². The van der Waals surface area contributed by atoms with Crippen molar-refractivity contribution in [3.8, 4) is 16.9 Å². The van der Waals surface area contributed by atoms with Crippen LogP contribution >= 0.6 is 12.2 Å². The molecular formula is C22H21F2N5OS. The van der Waals surface area contributed by atoms with E-state index in [-0.39, 0.29) is 21.4 Å². The maximum Gasteiger partial charge on any atom is 0.264 e. The Kier molecular flexibility index (Phi) is 5.30. The smallest absolute Gasteiger partial charge is 0.264 e. The molecule has 0 aliphatic carbocycles. The van der Waals surface area contributed by atoms with Gasteiger partial charge in [0.1, 0.15) is 0 Å². The minimum Gasteiger partial charge on any atom is -0.298 e. The average Bonchev–Trinajstić information content (AvgIpc) is 3.10. The normalized spacial score (nSPS) is 11.6. The summed E-state index contributed by atoms with van der Waals surface area (Å²) in [5.74, 6) is 0. The fraction of sp³-hybridized carbons (Fsp3) is 0.273. The van der Waals surface area contributed by atoms with Gasteiger partial charge in [0, 0.05) is 23.4 Å². The maximum absolute atomic E-state index is 14.1. The van der Waals surface area contributed by atoms with Crippen LogP contribution in [0.5, 0.6) is 0 Å². The molecule has 4 rings (SSSR count). The number of benzene rings is 1. The van der Waals surface area contributed by atoms with Gasteiger partial charge in [-0.1, -0.05) is 12.1 Å². The first kappa shape index (κ1) is 21.0. The monoisotopic (exact) mass is 441 g/mol. The van der Waals surface area contributed by atoms with Gasteiger partial charge in [-0.2, -0.15) is 5.10 Å². The molecule has 1 aromatic carbocycles. The minimum absolute atomic E-state index is 0.0945. The van der Waals surface area contributed by atoms with Crippen molar-refractivity contribution < 1.29 is 8.78 Å². The van der Waals surface area contributed by atoms with Crippen molar-refractivity contribution >= 4 is 23.3 Å². The Balaban J connectivity index is 2.18. The minimum atomic E-state index is -2.87. The summed E-state index contributed by atoms with van der Waals surface area (Å²) in [7, 11) is 0. The van der Waals surface area contributed by atoms with E-state index in [4.69, 9.17) is 12.2 Å². The first-order valence-corrected chi connectivity index (χ1v) is 10.2. The molecule has 0 spiro atoms. The topological polar surface area (TPSA) is 68.5 Å². The number of H-pyrrole nitrogens is 1. The Labute approximate surface area is 182 Å². The van der Waals surface area contributed by atoms with Crippen LogP contribution in [-0.2, 0) is 6.54 Å². The predicted molar refractivity (Wildman–Crippen MR) is 119 cm³/mol. The van der Waals surface area contributed by atoms with E-state index in [0.29, 0.717) is 23.5 Å². The van der Waals surface area contributed by atoms with E-state index in [1.807, 2.05) is 45.9 Å². The lowest BCUT2D eigenvalue weighted by Gasteiger charge is -2.17. The lowest BCUT2D eigenvalue weighted by Crippen LogP contribution is -2.17. The van der Waals surface area contributed by atoms with E-state index in [0.717, 1.165) is 16.8 Å². The number of alkyl halides is 2. The van der Waals surface area contributed by atoms with Crippen molar-refractivity contribution in [2.45, 2.75) is 40.7 Å². The number of aromatic nitrogens is 5. The van der Waals surface area contributed by atoms with Crippen LogP contribution in [0.15, 0.2) is 35.3 Å². The van der Waals surface area contributed by atoms with Crippen molar-refractivity contribution in [2.75, 3.05) is 0 Å². The molecule has 3 aromatic heterocycles. The summed E-state index contributed by atoms with van der Waals surface area (Å²) in [4.78, 5) is 19.9. The summed E-state index contributed by atoms with van der Waals surface area (Å²) < 4.78 is 31.6. The molecule has 0 saturated heterocycles. The van der Waals surface area contributed by atoms with E-state index >= 15 is 0 Å². The van der Waals surface area contributed by atoms with E-state index in [1.54, 1.807) is 15.4 Å². The van der Waals surface area contributed by atoms with Crippen LogP contribution in [0, 0.1) is 25.5 Å². The number of hydrogen-bond acceptors (Lipinski definition) is 4. The van der Waals surface area contributed by atoms with Gasteiger partial charge in [0.05, 0.1) is 23.0 Å². The van der Waals surface area contributed by atoms with Crippen LogP contribution < -0.4 is 5.56 Å². The Bertz CT molecular complexity index is 1430. The average molecular weight is 442 g/mol. The van der Waals surface area contributed by atoms with E-state index in [2.05, 4.69) is 15.1 Å². The van der Waals surface area contributed by atoms with Gasteiger partial charge >= 0.3 is 0 Å². The summed E-state index contributed by atoms with van der Waals surface area (Å²) >= 11 is 5.43. The molecule has 0 aliphatic heterocycles. The standard InChI is InChI=1S/C22H21F2N5OS/c1-5-28-13(4)15(10-25-28)16-9-14(19(23)24)18-20(26-16)29(22(31)27-21(18)30)17-8-6-7-11(2)12(17)3/h6-10,19H,5H2,1-4H3,(H,27,30,31). The second-order valence-electron chi connectivity index (χ2n) is 7.37. The fourth-order valence-corrected chi connectivity index (χ4v) is 4.06. The Hall–Kier alpha value is -3.20. The molecule has 0 radical (unpaired) electrons. The van der Waals surface area contributed by atoms with Crippen LogP contribution in [0.25, 0.3) is 28.0 Å². The van der Waals surface area contributed by atoms with Gasteiger partial charge in [-0.25, -0.2) is 13.8 Å². The van der Waals surface area contributed by atoms with Crippen molar-refractivity contribution in [1.29, 1.82) is 0 Å². The highest BCUT2D eigenvalue weighted by atomic mass is 32.1. The zero-order valence-electron chi connectivity index (χ0n) is 17.5. The molecule has 0 saturated carbocycles. The Morgan fingerprint density at radius 3 is 2.61 bits per heavy atom. The number of nitrogens with zero attached hydrogens (tertiary/aromatic N) is 4. The highest BCUT2D eigenvalue weighted by Crippen LogP contribution is 2.32. The van der Waals surface area contributed by atoms with Gasteiger partial charge in [0.2, 0.25) is 0 Å². The third-order valence-corrected chi connectivity index (χ3v) is 5.91.